The number of nitrogens with zero attached hydrogens (tertiary/aromatic N) is 3. The van der Waals surface area contributed by atoms with Gasteiger partial charge in [0.1, 0.15) is 5.82 Å². The van der Waals surface area contributed by atoms with Gasteiger partial charge in [-0.2, -0.15) is 0 Å². The van der Waals surface area contributed by atoms with Crippen molar-refractivity contribution in [3.63, 3.8) is 0 Å². The van der Waals surface area contributed by atoms with E-state index in [0.717, 1.165) is 43.7 Å². The Morgan fingerprint density at radius 3 is 2.28 bits per heavy atom. The second-order valence-electron chi connectivity index (χ2n) is 6.53. The molecule has 0 saturated carbocycles. The number of rotatable bonds is 5. The molecule has 0 spiro atoms. The first-order valence-electron chi connectivity index (χ1n) is 8.47. The molecule has 0 aromatic heterocycles. The third-order valence-electron chi connectivity index (χ3n) is 4.86. The molecule has 0 aliphatic carbocycles. The molecule has 0 atom stereocenters. The van der Waals surface area contributed by atoms with Crippen LogP contribution in [-0.2, 0) is 6.54 Å². The number of non-ortho nitro benzene ring substituents is 1. The Labute approximate surface area is 146 Å². The van der Waals surface area contributed by atoms with E-state index in [2.05, 4.69) is 16.8 Å². The highest BCUT2D eigenvalue weighted by Crippen LogP contribution is 2.25. The van der Waals surface area contributed by atoms with Crippen LogP contribution in [0.4, 0.5) is 15.8 Å². The van der Waals surface area contributed by atoms with Crippen molar-refractivity contribution in [2.24, 2.45) is 0 Å². The zero-order valence-corrected chi connectivity index (χ0v) is 14.3. The van der Waals surface area contributed by atoms with Gasteiger partial charge in [-0.25, -0.2) is 4.39 Å². The molecule has 5 nitrogen and oxygen atoms in total. The standard InChI is InChI=1S/C19H22FN3O2/c1-21(14-15-2-4-16(20)5-3-15)17-10-12-22(13-11-17)18-6-8-19(9-7-18)23(24)25/h2-9,17H,10-14H2,1H3. The number of hydrogen-bond acceptors (Lipinski definition) is 4. The number of halogens is 1. The maximum atomic E-state index is 13.0. The number of anilines is 1. The fourth-order valence-electron chi connectivity index (χ4n) is 3.36. The number of piperidine rings is 1. The van der Waals surface area contributed by atoms with E-state index in [0.29, 0.717) is 6.04 Å². The lowest BCUT2D eigenvalue weighted by Crippen LogP contribution is -2.43. The van der Waals surface area contributed by atoms with Gasteiger partial charge in [0, 0.05) is 43.5 Å². The molecule has 1 fully saturated rings. The molecule has 0 amide bonds. The summed E-state index contributed by atoms with van der Waals surface area (Å²) in [6.45, 7) is 2.66. The summed E-state index contributed by atoms with van der Waals surface area (Å²) >= 11 is 0. The van der Waals surface area contributed by atoms with Crippen molar-refractivity contribution in [2.45, 2.75) is 25.4 Å². The highest BCUT2D eigenvalue weighted by atomic mass is 19.1. The molecular weight excluding hydrogens is 321 g/mol. The van der Waals surface area contributed by atoms with E-state index < -0.39 is 0 Å². The van der Waals surface area contributed by atoms with Gasteiger partial charge in [-0.05, 0) is 49.7 Å². The van der Waals surface area contributed by atoms with Gasteiger partial charge in [-0.1, -0.05) is 12.1 Å². The minimum atomic E-state index is -0.375. The molecule has 6 heteroatoms. The number of hydrogen-bond donors (Lipinski definition) is 0. The predicted molar refractivity (Wildman–Crippen MR) is 96.2 cm³/mol. The zero-order valence-electron chi connectivity index (χ0n) is 14.3. The molecule has 3 rings (SSSR count). The molecule has 0 radical (unpaired) electrons. The lowest BCUT2D eigenvalue weighted by atomic mass is 10.0. The summed E-state index contributed by atoms with van der Waals surface area (Å²) in [4.78, 5) is 15.0. The fourth-order valence-corrected chi connectivity index (χ4v) is 3.36. The van der Waals surface area contributed by atoms with Crippen LogP contribution in [0.3, 0.4) is 0 Å². The Hall–Kier alpha value is -2.47. The summed E-state index contributed by atoms with van der Waals surface area (Å²) in [5.74, 6) is -0.206. The van der Waals surface area contributed by atoms with E-state index in [-0.39, 0.29) is 16.4 Å². The lowest BCUT2D eigenvalue weighted by Gasteiger charge is -2.38. The maximum Gasteiger partial charge on any atom is 0.269 e. The van der Waals surface area contributed by atoms with Crippen LogP contribution in [0.25, 0.3) is 0 Å². The second-order valence-corrected chi connectivity index (χ2v) is 6.53. The SMILES string of the molecule is CN(Cc1ccc(F)cc1)C1CCN(c2ccc([N+](=O)[O-])cc2)CC1. The number of nitro groups is 1. The molecule has 0 N–H and O–H groups in total. The number of benzene rings is 2. The Balaban J connectivity index is 1.54. The summed E-state index contributed by atoms with van der Waals surface area (Å²) in [6, 6.07) is 13.9. The zero-order chi connectivity index (χ0) is 17.8. The fraction of sp³-hybridized carbons (Fsp3) is 0.368. The first-order valence-corrected chi connectivity index (χ1v) is 8.47. The van der Waals surface area contributed by atoms with E-state index >= 15 is 0 Å². The molecule has 1 aliphatic rings. The van der Waals surface area contributed by atoms with Crippen LogP contribution < -0.4 is 4.90 Å². The van der Waals surface area contributed by atoms with Crippen molar-refractivity contribution in [3.8, 4) is 0 Å². The summed E-state index contributed by atoms with van der Waals surface area (Å²) in [5.41, 5.74) is 2.27. The van der Waals surface area contributed by atoms with Crippen LogP contribution in [0.2, 0.25) is 0 Å². The van der Waals surface area contributed by atoms with Crippen molar-refractivity contribution >= 4 is 11.4 Å². The van der Waals surface area contributed by atoms with Crippen molar-refractivity contribution in [2.75, 3.05) is 25.0 Å². The Morgan fingerprint density at radius 2 is 1.72 bits per heavy atom. The van der Waals surface area contributed by atoms with E-state index in [9.17, 15) is 14.5 Å². The minimum absolute atomic E-state index is 0.123. The van der Waals surface area contributed by atoms with Gasteiger partial charge in [0.15, 0.2) is 0 Å². The minimum Gasteiger partial charge on any atom is -0.371 e. The molecule has 1 aliphatic heterocycles. The summed E-state index contributed by atoms with van der Waals surface area (Å²) in [5, 5.41) is 10.7. The van der Waals surface area contributed by atoms with Gasteiger partial charge >= 0.3 is 0 Å². The van der Waals surface area contributed by atoms with Crippen molar-refractivity contribution in [1.82, 2.24) is 4.90 Å². The molecule has 1 heterocycles. The Morgan fingerprint density at radius 1 is 1.12 bits per heavy atom. The van der Waals surface area contributed by atoms with Gasteiger partial charge < -0.3 is 4.90 Å². The van der Waals surface area contributed by atoms with E-state index in [1.54, 1.807) is 12.1 Å². The molecule has 132 valence electrons. The van der Waals surface area contributed by atoms with Gasteiger partial charge in [0.2, 0.25) is 0 Å². The maximum absolute atomic E-state index is 13.0. The van der Waals surface area contributed by atoms with E-state index in [4.69, 9.17) is 0 Å². The monoisotopic (exact) mass is 343 g/mol. The highest BCUT2D eigenvalue weighted by Gasteiger charge is 2.23. The van der Waals surface area contributed by atoms with Gasteiger partial charge in [0.25, 0.3) is 5.69 Å². The molecule has 25 heavy (non-hydrogen) atoms. The van der Waals surface area contributed by atoms with Gasteiger partial charge in [0.05, 0.1) is 4.92 Å². The van der Waals surface area contributed by atoms with Crippen LogP contribution in [0.1, 0.15) is 18.4 Å². The predicted octanol–water partition coefficient (Wildman–Crippen LogP) is 3.83. The lowest BCUT2D eigenvalue weighted by molar-refractivity contribution is -0.384. The van der Waals surface area contributed by atoms with Crippen molar-refractivity contribution in [1.29, 1.82) is 0 Å². The largest absolute Gasteiger partial charge is 0.371 e. The molecule has 2 aromatic rings. The van der Waals surface area contributed by atoms with Crippen LogP contribution >= 0.6 is 0 Å². The number of nitro benzene ring substituents is 1. The third kappa shape index (κ3) is 4.33. The second kappa shape index (κ2) is 7.61. The molecule has 0 unspecified atom stereocenters. The first-order chi connectivity index (χ1) is 12.0. The smallest absolute Gasteiger partial charge is 0.269 e. The van der Waals surface area contributed by atoms with Crippen LogP contribution in [0.5, 0.6) is 0 Å². The molecular formula is C19H22FN3O2. The molecule has 0 bridgehead atoms. The normalized spacial score (nSPS) is 15.6. The average molecular weight is 343 g/mol. The van der Waals surface area contributed by atoms with Crippen molar-refractivity contribution < 1.29 is 9.31 Å². The third-order valence-corrected chi connectivity index (χ3v) is 4.86. The van der Waals surface area contributed by atoms with Crippen LogP contribution in [0, 0.1) is 15.9 Å². The average Bonchev–Trinajstić information content (AvgIpc) is 2.64. The van der Waals surface area contributed by atoms with E-state index in [1.165, 1.54) is 12.1 Å². The summed E-state index contributed by atoms with van der Waals surface area (Å²) in [7, 11) is 2.11. The topological polar surface area (TPSA) is 49.6 Å². The Bertz CT molecular complexity index is 710. The Kier molecular flexibility index (Phi) is 5.28. The first kappa shape index (κ1) is 17.4. The van der Waals surface area contributed by atoms with Crippen LogP contribution in [-0.4, -0.2) is 36.0 Å². The summed E-state index contributed by atoms with van der Waals surface area (Å²) < 4.78 is 13.0. The van der Waals surface area contributed by atoms with Crippen molar-refractivity contribution in [3.05, 3.63) is 70.0 Å². The van der Waals surface area contributed by atoms with Crippen LogP contribution in [0.15, 0.2) is 48.5 Å². The quantitative estimate of drug-likeness (QED) is 0.611. The summed E-state index contributed by atoms with van der Waals surface area (Å²) in [6.07, 6.45) is 2.07. The highest BCUT2D eigenvalue weighted by molar-refractivity contribution is 5.51. The molecule has 1 saturated heterocycles. The van der Waals surface area contributed by atoms with Gasteiger partial charge in [-0.15, -0.1) is 0 Å². The molecule has 2 aromatic carbocycles. The van der Waals surface area contributed by atoms with Gasteiger partial charge in [-0.3, -0.25) is 15.0 Å². The van der Waals surface area contributed by atoms with E-state index in [1.807, 2.05) is 24.3 Å².